The molecule has 3 heterocycles. The van der Waals surface area contributed by atoms with E-state index in [1.807, 2.05) is 7.05 Å². The van der Waals surface area contributed by atoms with Crippen LogP contribution < -0.4 is 5.32 Å². The lowest BCUT2D eigenvalue weighted by Gasteiger charge is -2.39. The van der Waals surface area contributed by atoms with E-state index in [9.17, 15) is 4.79 Å². The van der Waals surface area contributed by atoms with E-state index in [4.69, 9.17) is 4.74 Å². The number of aromatic nitrogens is 2. The second-order valence-corrected chi connectivity index (χ2v) is 7.46. The lowest BCUT2D eigenvalue weighted by Crippen LogP contribution is -2.45. The van der Waals surface area contributed by atoms with Crippen LogP contribution in [0.3, 0.4) is 0 Å². The van der Waals surface area contributed by atoms with Crippen molar-refractivity contribution in [1.82, 2.24) is 20.0 Å². The number of hydrogen-bond acceptors (Lipinski definition) is 4. The second-order valence-electron chi connectivity index (χ2n) is 7.46. The van der Waals surface area contributed by atoms with Crippen LogP contribution in [0.4, 0.5) is 0 Å². The summed E-state index contributed by atoms with van der Waals surface area (Å²) in [5.41, 5.74) is 1.92. The van der Waals surface area contributed by atoms with Gasteiger partial charge in [-0.3, -0.25) is 14.4 Å². The Morgan fingerprint density at radius 1 is 1.44 bits per heavy atom. The molecule has 1 N–H and O–H groups in total. The van der Waals surface area contributed by atoms with E-state index in [0.717, 1.165) is 45.3 Å². The first-order valence-electron chi connectivity index (χ1n) is 9.29. The number of hydrogen-bond donors (Lipinski definition) is 1. The normalized spacial score (nSPS) is 24.0. The maximum atomic E-state index is 12.1. The number of aryl methyl sites for hydroxylation is 1. The molecular formula is C19H30N4O2. The molecule has 0 bridgehead atoms. The van der Waals surface area contributed by atoms with E-state index in [1.165, 1.54) is 5.57 Å². The number of carbonyl (C=O) groups excluding carboxylic acids is 1. The minimum Gasteiger partial charge on any atom is -0.370 e. The van der Waals surface area contributed by atoms with Crippen molar-refractivity contribution in [3.05, 3.63) is 29.6 Å². The van der Waals surface area contributed by atoms with Crippen molar-refractivity contribution >= 4 is 5.91 Å². The Hall–Kier alpha value is -1.66. The standard InChI is InChI=1S/C19H30N4O2/c1-4-15(2)14-23-11-8-19(9-12-23)7-5-16(25-19)13-20-18(24)17-6-10-22(3)21-17/h4,6,10,16H,5,7-9,11-14H2,1-3H3,(H,20,24)/b15-4+/t16-/m1/s1. The largest absolute Gasteiger partial charge is 0.370 e. The van der Waals surface area contributed by atoms with Gasteiger partial charge in [-0.05, 0) is 45.6 Å². The molecule has 1 atom stereocenters. The third-order valence-corrected chi connectivity index (χ3v) is 5.51. The number of allylic oxidation sites excluding steroid dienone is 1. The van der Waals surface area contributed by atoms with Crippen molar-refractivity contribution in [2.45, 2.75) is 51.2 Å². The predicted octanol–water partition coefficient (Wildman–Crippen LogP) is 2.13. The molecule has 0 unspecified atom stereocenters. The number of nitrogens with one attached hydrogen (secondary N) is 1. The fraction of sp³-hybridized carbons (Fsp3) is 0.684. The van der Waals surface area contributed by atoms with Gasteiger partial charge in [0, 0.05) is 39.4 Å². The molecule has 3 rings (SSSR count). The van der Waals surface area contributed by atoms with Crippen LogP contribution >= 0.6 is 0 Å². The lowest BCUT2D eigenvalue weighted by molar-refractivity contribution is -0.0743. The summed E-state index contributed by atoms with van der Waals surface area (Å²) in [6, 6.07) is 1.73. The number of nitrogens with zero attached hydrogens (tertiary/aromatic N) is 3. The summed E-state index contributed by atoms with van der Waals surface area (Å²) in [6.45, 7) is 8.12. The van der Waals surface area contributed by atoms with E-state index in [-0.39, 0.29) is 17.6 Å². The molecule has 0 aromatic carbocycles. The van der Waals surface area contributed by atoms with Gasteiger partial charge in [0.15, 0.2) is 0 Å². The zero-order valence-electron chi connectivity index (χ0n) is 15.6. The molecule has 1 amide bonds. The fourth-order valence-electron chi connectivity index (χ4n) is 3.80. The van der Waals surface area contributed by atoms with Gasteiger partial charge in [-0.25, -0.2) is 0 Å². The van der Waals surface area contributed by atoms with E-state index >= 15 is 0 Å². The number of piperidine rings is 1. The van der Waals surface area contributed by atoms with Crippen molar-refractivity contribution in [2.24, 2.45) is 7.05 Å². The van der Waals surface area contributed by atoms with E-state index in [0.29, 0.717) is 12.2 Å². The highest BCUT2D eigenvalue weighted by molar-refractivity contribution is 5.92. The summed E-state index contributed by atoms with van der Waals surface area (Å²) in [4.78, 5) is 14.6. The van der Waals surface area contributed by atoms with Gasteiger partial charge >= 0.3 is 0 Å². The lowest BCUT2D eigenvalue weighted by atomic mass is 9.88. The number of ether oxygens (including phenoxy) is 1. The molecular weight excluding hydrogens is 316 g/mol. The van der Waals surface area contributed by atoms with Crippen LogP contribution in [-0.2, 0) is 11.8 Å². The van der Waals surface area contributed by atoms with Crippen LogP contribution in [0.25, 0.3) is 0 Å². The summed E-state index contributed by atoms with van der Waals surface area (Å²) in [6.07, 6.45) is 8.40. The molecule has 1 spiro atoms. The van der Waals surface area contributed by atoms with Crippen LogP contribution in [0.5, 0.6) is 0 Å². The molecule has 0 aliphatic carbocycles. The molecule has 6 nitrogen and oxygen atoms in total. The summed E-state index contributed by atoms with van der Waals surface area (Å²) >= 11 is 0. The fourth-order valence-corrected chi connectivity index (χ4v) is 3.80. The Labute approximate surface area is 150 Å². The predicted molar refractivity (Wildman–Crippen MR) is 97.5 cm³/mol. The van der Waals surface area contributed by atoms with Crippen LogP contribution in [0.15, 0.2) is 23.9 Å². The second kappa shape index (κ2) is 7.70. The highest BCUT2D eigenvalue weighted by Gasteiger charge is 2.42. The van der Waals surface area contributed by atoms with Crippen LogP contribution in [0, 0.1) is 0 Å². The Morgan fingerprint density at radius 3 is 2.84 bits per heavy atom. The topological polar surface area (TPSA) is 59.4 Å². The van der Waals surface area contributed by atoms with Gasteiger partial charge in [0.25, 0.3) is 5.91 Å². The Kier molecular flexibility index (Phi) is 5.59. The summed E-state index contributed by atoms with van der Waals surface area (Å²) in [5.74, 6) is -0.123. The molecule has 0 radical (unpaired) electrons. The van der Waals surface area contributed by atoms with Gasteiger partial charge in [0.05, 0.1) is 11.7 Å². The van der Waals surface area contributed by atoms with Crippen LogP contribution in [-0.4, -0.2) is 58.5 Å². The van der Waals surface area contributed by atoms with Gasteiger partial charge in [0.1, 0.15) is 5.69 Å². The smallest absolute Gasteiger partial charge is 0.271 e. The SMILES string of the molecule is C/C=C(\C)CN1CCC2(CC[C@H](CNC(=O)c3ccn(C)n3)O2)CC1. The van der Waals surface area contributed by atoms with Crippen molar-refractivity contribution in [2.75, 3.05) is 26.2 Å². The number of carbonyl (C=O) groups is 1. The first kappa shape index (κ1) is 18.1. The molecule has 2 fully saturated rings. The number of likely N-dealkylation sites (tertiary alicyclic amines) is 1. The van der Waals surface area contributed by atoms with E-state index < -0.39 is 0 Å². The van der Waals surface area contributed by atoms with E-state index in [1.54, 1.807) is 16.9 Å². The molecule has 2 aliphatic rings. The molecule has 138 valence electrons. The third kappa shape index (κ3) is 4.50. The molecule has 0 saturated carbocycles. The number of rotatable bonds is 5. The Balaban J connectivity index is 1.44. The van der Waals surface area contributed by atoms with Gasteiger partial charge in [-0.15, -0.1) is 0 Å². The average molecular weight is 346 g/mol. The first-order valence-corrected chi connectivity index (χ1v) is 9.29. The molecule has 25 heavy (non-hydrogen) atoms. The van der Waals surface area contributed by atoms with Gasteiger partial charge < -0.3 is 10.1 Å². The summed E-state index contributed by atoms with van der Waals surface area (Å²) in [7, 11) is 1.81. The highest BCUT2D eigenvalue weighted by atomic mass is 16.5. The van der Waals surface area contributed by atoms with Crippen molar-refractivity contribution in [1.29, 1.82) is 0 Å². The molecule has 6 heteroatoms. The van der Waals surface area contributed by atoms with Crippen molar-refractivity contribution in [3.63, 3.8) is 0 Å². The van der Waals surface area contributed by atoms with Gasteiger partial charge in [0.2, 0.25) is 0 Å². The van der Waals surface area contributed by atoms with Gasteiger partial charge in [-0.1, -0.05) is 11.6 Å². The summed E-state index contributed by atoms with van der Waals surface area (Å²) < 4.78 is 8.02. The monoisotopic (exact) mass is 346 g/mol. The quantitative estimate of drug-likeness (QED) is 0.830. The van der Waals surface area contributed by atoms with Crippen molar-refractivity contribution < 1.29 is 9.53 Å². The molecule has 1 aromatic heterocycles. The van der Waals surface area contributed by atoms with E-state index in [2.05, 4.69) is 35.2 Å². The zero-order chi connectivity index (χ0) is 17.9. The highest BCUT2D eigenvalue weighted by Crippen LogP contribution is 2.38. The van der Waals surface area contributed by atoms with Crippen LogP contribution in [0.2, 0.25) is 0 Å². The Bertz CT molecular complexity index is 629. The zero-order valence-corrected chi connectivity index (χ0v) is 15.6. The summed E-state index contributed by atoms with van der Waals surface area (Å²) in [5, 5.41) is 7.09. The van der Waals surface area contributed by atoms with Crippen molar-refractivity contribution in [3.8, 4) is 0 Å². The minimum absolute atomic E-state index is 0.0285. The van der Waals surface area contributed by atoms with Gasteiger partial charge in [-0.2, -0.15) is 5.10 Å². The van der Waals surface area contributed by atoms with Crippen LogP contribution in [0.1, 0.15) is 50.0 Å². The maximum absolute atomic E-state index is 12.1. The molecule has 1 aromatic rings. The Morgan fingerprint density at radius 2 is 2.20 bits per heavy atom. The average Bonchev–Trinajstić information content (AvgIpc) is 3.22. The maximum Gasteiger partial charge on any atom is 0.271 e. The third-order valence-electron chi connectivity index (χ3n) is 5.51. The number of amides is 1. The minimum atomic E-state index is -0.123. The molecule has 2 saturated heterocycles. The molecule has 2 aliphatic heterocycles. The first-order chi connectivity index (χ1) is 12.0.